The summed E-state index contributed by atoms with van der Waals surface area (Å²) in [5.74, 6) is 1.48. The van der Waals surface area contributed by atoms with E-state index in [9.17, 15) is 9.90 Å². The molecule has 0 radical (unpaired) electrons. The van der Waals surface area contributed by atoms with Gasteiger partial charge in [-0.2, -0.15) is 0 Å². The summed E-state index contributed by atoms with van der Waals surface area (Å²) < 4.78 is 19.6. The summed E-state index contributed by atoms with van der Waals surface area (Å²) in [5.41, 5.74) is 7.77. The number of carbonyl (C=O) groups is 1. The molecule has 7 aromatic rings. The Bertz CT molecular complexity index is 2510. The van der Waals surface area contributed by atoms with Gasteiger partial charge in [0.15, 0.2) is 6.29 Å². The van der Waals surface area contributed by atoms with E-state index in [1.54, 1.807) is 0 Å². The highest BCUT2D eigenvalue weighted by atomic mass is 16.7. The lowest BCUT2D eigenvalue weighted by Crippen LogP contribution is -2.44. The van der Waals surface area contributed by atoms with Gasteiger partial charge in [-0.25, -0.2) is 4.79 Å². The summed E-state index contributed by atoms with van der Waals surface area (Å²) >= 11 is 0. The van der Waals surface area contributed by atoms with Gasteiger partial charge in [0.05, 0.1) is 18.8 Å². The average molecular weight is 798 g/mol. The molecule has 0 bridgehead atoms. The summed E-state index contributed by atoms with van der Waals surface area (Å²) in [7, 11) is 2.16. The van der Waals surface area contributed by atoms with Crippen molar-refractivity contribution in [1.29, 1.82) is 0 Å². The number of fused-ring (bicyclic) bond motifs is 1. The van der Waals surface area contributed by atoms with Gasteiger partial charge < -0.3 is 30.0 Å². The van der Waals surface area contributed by atoms with Gasteiger partial charge in [0.2, 0.25) is 0 Å². The molecule has 3 N–H and O–H groups in total. The molecular weight excluding hydrogens is 747 g/mol. The predicted molar refractivity (Wildman–Crippen MR) is 239 cm³/mol. The molecular formula is C52H51N3O5. The number of aliphatic hydroxyl groups is 1. The Kier molecular flexibility index (Phi) is 12.6. The molecule has 60 heavy (non-hydrogen) atoms. The van der Waals surface area contributed by atoms with Crippen LogP contribution in [-0.2, 0) is 22.6 Å². The standard InChI is InChI=1S/C52H51N3O5/c1-35-49(33-55(3)36(2)41-24-23-39-12-7-8-13-43(39)30-41)59-51(60-50(35)40-21-19-37(34-56)20-22-40)45-16-10-15-44(31-45)42-14-9-11-38(29-42)32-53-52(57)54-46-25-27-48(28-26-46)58-47-17-5-4-6-18-47/h4-31,35-36,49-51,56H,32-34H2,1-3H3,(H2,53,54,57)/t35-,36-,49+,50+,51+/m1/s1. The van der Waals surface area contributed by atoms with Crippen LogP contribution < -0.4 is 15.4 Å². The van der Waals surface area contributed by atoms with Crippen LogP contribution in [0, 0.1) is 5.92 Å². The highest BCUT2D eigenvalue weighted by Crippen LogP contribution is 2.43. The van der Waals surface area contributed by atoms with Crippen LogP contribution in [0.1, 0.15) is 60.1 Å². The van der Waals surface area contributed by atoms with E-state index in [1.807, 2.05) is 84.9 Å². The number of nitrogens with one attached hydrogen (secondary N) is 2. The number of likely N-dealkylation sites (N-methyl/N-ethyl adjacent to an activating group) is 1. The zero-order valence-electron chi connectivity index (χ0n) is 34.2. The number of urea groups is 1. The van der Waals surface area contributed by atoms with Crippen LogP contribution in [0.5, 0.6) is 11.5 Å². The van der Waals surface area contributed by atoms with Crippen molar-refractivity contribution in [1.82, 2.24) is 10.2 Å². The number of para-hydroxylation sites is 1. The molecule has 0 unspecified atom stereocenters. The number of hydrogen-bond donors (Lipinski definition) is 3. The number of amides is 2. The van der Waals surface area contributed by atoms with Crippen LogP contribution in [0.25, 0.3) is 21.9 Å². The van der Waals surface area contributed by atoms with E-state index in [0.29, 0.717) is 24.5 Å². The molecule has 1 aliphatic rings. The smallest absolute Gasteiger partial charge is 0.319 e. The quantitative estimate of drug-likeness (QED) is 0.108. The van der Waals surface area contributed by atoms with Crippen molar-refractivity contribution in [3.8, 4) is 22.6 Å². The summed E-state index contributed by atoms with van der Waals surface area (Å²) in [6, 6.07) is 56.4. The van der Waals surface area contributed by atoms with Gasteiger partial charge in [0.1, 0.15) is 11.5 Å². The van der Waals surface area contributed by atoms with Crippen molar-refractivity contribution in [2.45, 2.75) is 51.5 Å². The highest BCUT2D eigenvalue weighted by Gasteiger charge is 2.39. The van der Waals surface area contributed by atoms with Gasteiger partial charge in [0.25, 0.3) is 0 Å². The fourth-order valence-corrected chi connectivity index (χ4v) is 7.81. The number of nitrogens with zero attached hydrogens (tertiary/aromatic N) is 1. The highest BCUT2D eigenvalue weighted by molar-refractivity contribution is 5.89. The average Bonchev–Trinajstić information content (AvgIpc) is 3.29. The molecule has 5 atom stereocenters. The first kappa shape index (κ1) is 40.5. The third-order valence-electron chi connectivity index (χ3n) is 11.5. The zero-order chi connectivity index (χ0) is 41.4. The Labute approximate surface area is 352 Å². The Morgan fingerprint density at radius 1 is 0.700 bits per heavy atom. The number of ether oxygens (including phenoxy) is 3. The molecule has 8 heteroatoms. The van der Waals surface area contributed by atoms with E-state index >= 15 is 0 Å². The molecule has 2 amide bonds. The molecule has 1 saturated heterocycles. The predicted octanol–water partition coefficient (Wildman–Crippen LogP) is 11.6. The Morgan fingerprint density at radius 2 is 1.40 bits per heavy atom. The van der Waals surface area contributed by atoms with E-state index in [2.05, 4.69) is 121 Å². The molecule has 0 aromatic heterocycles. The Balaban J connectivity index is 0.954. The summed E-state index contributed by atoms with van der Waals surface area (Å²) in [4.78, 5) is 15.2. The first-order valence-corrected chi connectivity index (χ1v) is 20.6. The van der Waals surface area contributed by atoms with Gasteiger partial charge in [-0.05, 0) is 113 Å². The number of anilines is 1. The van der Waals surface area contributed by atoms with Crippen LogP contribution in [-0.4, -0.2) is 35.7 Å². The number of aliphatic hydroxyl groups excluding tert-OH is 1. The second-order valence-corrected chi connectivity index (χ2v) is 15.6. The van der Waals surface area contributed by atoms with Crippen LogP contribution in [0.2, 0.25) is 0 Å². The fourth-order valence-electron chi connectivity index (χ4n) is 7.81. The lowest BCUT2D eigenvalue weighted by molar-refractivity contribution is -0.276. The maximum atomic E-state index is 12.9. The molecule has 0 aliphatic carbocycles. The fraction of sp³-hybridized carbons (Fsp3) is 0.212. The normalized spacial score (nSPS) is 18.2. The minimum absolute atomic E-state index is 0.00902. The zero-order valence-corrected chi connectivity index (χ0v) is 34.2. The number of benzene rings is 7. The Hall–Kier alpha value is -6.29. The second kappa shape index (κ2) is 18.7. The minimum Gasteiger partial charge on any atom is -0.457 e. The van der Waals surface area contributed by atoms with E-state index in [0.717, 1.165) is 39.1 Å². The summed E-state index contributed by atoms with van der Waals surface area (Å²) in [6.45, 7) is 5.50. The molecule has 7 aromatic carbocycles. The SMILES string of the molecule is C[C@@H]1[C@H](CN(C)[C@H](C)c2ccc3ccccc3c2)O[C@H](c2cccc(-c3cccc(CNC(=O)Nc4ccc(Oc5ccccc5)cc4)c3)c2)O[C@@H]1c1ccc(CO)cc1. The molecule has 8 rings (SSSR count). The first-order chi connectivity index (χ1) is 29.3. The lowest BCUT2D eigenvalue weighted by Gasteiger charge is -2.43. The minimum atomic E-state index is -0.606. The maximum absolute atomic E-state index is 12.9. The Morgan fingerprint density at radius 3 is 2.17 bits per heavy atom. The maximum Gasteiger partial charge on any atom is 0.319 e. The van der Waals surface area contributed by atoms with Gasteiger partial charge >= 0.3 is 6.03 Å². The number of carbonyl (C=O) groups excluding carboxylic acids is 1. The molecule has 8 nitrogen and oxygen atoms in total. The van der Waals surface area contributed by atoms with Gasteiger partial charge in [-0.15, -0.1) is 0 Å². The largest absolute Gasteiger partial charge is 0.457 e. The number of rotatable bonds is 13. The van der Waals surface area contributed by atoms with Gasteiger partial charge in [0, 0.05) is 36.3 Å². The van der Waals surface area contributed by atoms with Crippen LogP contribution in [0.3, 0.4) is 0 Å². The first-order valence-electron chi connectivity index (χ1n) is 20.6. The lowest BCUT2D eigenvalue weighted by atomic mass is 9.89. The molecule has 0 spiro atoms. The van der Waals surface area contributed by atoms with Crippen molar-refractivity contribution in [2.24, 2.45) is 5.92 Å². The van der Waals surface area contributed by atoms with Crippen molar-refractivity contribution in [3.63, 3.8) is 0 Å². The monoisotopic (exact) mass is 797 g/mol. The van der Waals surface area contributed by atoms with Crippen LogP contribution >= 0.6 is 0 Å². The van der Waals surface area contributed by atoms with Crippen molar-refractivity contribution >= 4 is 22.5 Å². The molecule has 0 saturated carbocycles. The van der Waals surface area contributed by atoms with Crippen molar-refractivity contribution in [2.75, 3.05) is 18.9 Å². The molecule has 1 fully saturated rings. The molecule has 304 valence electrons. The van der Waals surface area contributed by atoms with Crippen molar-refractivity contribution < 1.29 is 24.1 Å². The third kappa shape index (κ3) is 9.76. The third-order valence-corrected chi connectivity index (χ3v) is 11.5. The summed E-state index contributed by atoms with van der Waals surface area (Å²) in [6.07, 6.45) is -0.967. The second-order valence-electron chi connectivity index (χ2n) is 15.6. The van der Waals surface area contributed by atoms with Crippen LogP contribution in [0.4, 0.5) is 10.5 Å². The van der Waals surface area contributed by atoms with E-state index in [4.69, 9.17) is 14.2 Å². The van der Waals surface area contributed by atoms with Gasteiger partial charge in [-0.3, -0.25) is 4.90 Å². The molecule has 1 aliphatic heterocycles. The van der Waals surface area contributed by atoms with E-state index in [1.165, 1.54) is 16.3 Å². The summed E-state index contributed by atoms with van der Waals surface area (Å²) in [5, 5.41) is 18.1. The van der Waals surface area contributed by atoms with Gasteiger partial charge in [-0.1, -0.05) is 122 Å². The van der Waals surface area contributed by atoms with E-state index < -0.39 is 6.29 Å². The number of hydrogen-bond acceptors (Lipinski definition) is 6. The van der Waals surface area contributed by atoms with Crippen molar-refractivity contribution in [3.05, 3.63) is 198 Å². The molecule has 1 heterocycles. The topological polar surface area (TPSA) is 92.3 Å². The van der Waals surface area contributed by atoms with E-state index in [-0.39, 0.29) is 36.8 Å². The van der Waals surface area contributed by atoms with Crippen LogP contribution in [0.15, 0.2) is 170 Å².